The van der Waals surface area contributed by atoms with Gasteiger partial charge >= 0.3 is 0 Å². The Bertz CT molecular complexity index is 562. The fourth-order valence-corrected chi connectivity index (χ4v) is 1.89. The van der Waals surface area contributed by atoms with Crippen molar-refractivity contribution in [3.63, 3.8) is 0 Å². The molecule has 1 aromatic heterocycles. The normalized spacial score (nSPS) is 10.7. The van der Waals surface area contributed by atoms with Gasteiger partial charge < -0.3 is 9.15 Å². The van der Waals surface area contributed by atoms with Gasteiger partial charge in [0, 0.05) is 5.88 Å². The summed E-state index contributed by atoms with van der Waals surface area (Å²) in [7, 11) is 0. The van der Waals surface area contributed by atoms with E-state index in [-0.39, 0.29) is 11.4 Å². The minimum Gasteiger partial charge on any atom is -0.465 e. The molecule has 0 fully saturated rings. The van der Waals surface area contributed by atoms with Gasteiger partial charge in [-0.2, -0.15) is 0 Å². The highest BCUT2D eigenvalue weighted by Crippen LogP contribution is 2.17. The molecule has 96 valence electrons. The molecule has 0 spiro atoms. The second-order valence-electron chi connectivity index (χ2n) is 4.02. The SMILES string of the molecule is O=c1cc(OCCCCCCl)oc2ccccc12. The van der Waals surface area contributed by atoms with E-state index in [1.807, 2.05) is 12.1 Å². The van der Waals surface area contributed by atoms with Gasteiger partial charge in [0.1, 0.15) is 5.58 Å². The van der Waals surface area contributed by atoms with E-state index in [1.54, 1.807) is 12.1 Å². The number of benzene rings is 1. The van der Waals surface area contributed by atoms with Crippen molar-refractivity contribution in [1.82, 2.24) is 0 Å². The summed E-state index contributed by atoms with van der Waals surface area (Å²) in [6.45, 7) is 0.540. The number of unbranched alkanes of at least 4 members (excludes halogenated alkanes) is 2. The lowest BCUT2D eigenvalue weighted by Crippen LogP contribution is -2.03. The van der Waals surface area contributed by atoms with Gasteiger partial charge in [-0.05, 0) is 31.4 Å². The summed E-state index contributed by atoms with van der Waals surface area (Å²) in [5.41, 5.74) is 0.480. The molecule has 0 N–H and O–H groups in total. The van der Waals surface area contributed by atoms with Crippen LogP contribution in [0.2, 0.25) is 0 Å². The highest BCUT2D eigenvalue weighted by molar-refractivity contribution is 6.17. The van der Waals surface area contributed by atoms with Crippen LogP contribution in [0.4, 0.5) is 0 Å². The second kappa shape index (κ2) is 6.45. The van der Waals surface area contributed by atoms with Crippen molar-refractivity contribution >= 4 is 22.6 Å². The Morgan fingerprint density at radius 3 is 2.83 bits per heavy atom. The van der Waals surface area contributed by atoms with Crippen LogP contribution in [0.3, 0.4) is 0 Å². The van der Waals surface area contributed by atoms with Gasteiger partial charge in [-0.25, -0.2) is 0 Å². The topological polar surface area (TPSA) is 39.4 Å². The lowest BCUT2D eigenvalue weighted by atomic mass is 10.2. The summed E-state index contributed by atoms with van der Waals surface area (Å²) >= 11 is 5.58. The van der Waals surface area contributed by atoms with Crippen LogP contribution in [0, 0.1) is 0 Å². The molecule has 0 aliphatic rings. The Balaban J connectivity index is 2.03. The van der Waals surface area contributed by atoms with Crippen molar-refractivity contribution in [2.45, 2.75) is 19.3 Å². The third kappa shape index (κ3) is 3.26. The molecule has 0 radical (unpaired) electrons. The number of para-hydroxylation sites is 1. The van der Waals surface area contributed by atoms with Gasteiger partial charge in [0.25, 0.3) is 5.95 Å². The summed E-state index contributed by atoms with van der Waals surface area (Å²) < 4.78 is 10.9. The lowest BCUT2D eigenvalue weighted by molar-refractivity contribution is 0.239. The summed E-state index contributed by atoms with van der Waals surface area (Å²) in [5, 5.41) is 0.576. The Morgan fingerprint density at radius 2 is 2.00 bits per heavy atom. The largest absolute Gasteiger partial charge is 0.465 e. The van der Waals surface area contributed by atoms with E-state index in [4.69, 9.17) is 20.8 Å². The fraction of sp³-hybridized carbons (Fsp3) is 0.357. The average Bonchev–Trinajstić information content (AvgIpc) is 2.39. The molecular formula is C14H15ClO3. The minimum absolute atomic E-state index is 0.0763. The number of hydrogen-bond acceptors (Lipinski definition) is 3. The van der Waals surface area contributed by atoms with Gasteiger partial charge in [-0.15, -0.1) is 11.6 Å². The number of fused-ring (bicyclic) bond motifs is 1. The van der Waals surface area contributed by atoms with Crippen molar-refractivity contribution in [3.05, 3.63) is 40.6 Å². The van der Waals surface area contributed by atoms with Crippen LogP contribution in [-0.4, -0.2) is 12.5 Å². The third-order valence-corrected chi connectivity index (χ3v) is 2.90. The minimum atomic E-state index is -0.0763. The first-order chi connectivity index (χ1) is 8.81. The molecule has 0 saturated heterocycles. The molecular weight excluding hydrogens is 252 g/mol. The van der Waals surface area contributed by atoms with Crippen molar-refractivity contribution in [1.29, 1.82) is 0 Å². The number of rotatable bonds is 6. The summed E-state index contributed by atoms with van der Waals surface area (Å²) in [6.07, 6.45) is 2.90. The monoisotopic (exact) mass is 266 g/mol. The first-order valence-corrected chi connectivity index (χ1v) is 6.56. The van der Waals surface area contributed by atoms with Crippen LogP contribution in [0.25, 0.3) is 11.0 Å². The summed E-state index contributed by atoms with van der Waals surface area (Å²) in [4.78, 5) is 11.8. The average molecular weight is 267 g/mol. The zero-order valence-corrected chi connectivity index (χ0v) is 10.8. The summed E-state index contributed by atoms with van der Waals surface area (Å²) in [6, 6.07) is 8.54. The maximum Gasteiger partial charge on any atom is 0.288 e. The molecule has 2 aromatic rings. The first-order valence-electron chi connectivity index (χ1n) is 6.03. The maximum absolute atomic E-state index is 11.8. The highest BCUT2D eigenvalue weighted by atomic mass is 35.5. The van der Waals surface area contributed by atoms with Crippen LogP contribution in [0.1, 0.15) is 19.3 Å². The number of hydrogen-bond donors (Lipinski definition) is 0. The zero-order valence-electron chi connectivity index (χ0n) is 10.0. The van der Waals surface area contributed by atoms with Gasteiger partial charge in [-0.3, -0.25) is 4.79 Å². The van der Waals surface area contributed by atoms with Crippen molar-refractivity contribution in [3.8, 4) is 5.95 Å². The van der Waals surface area contributed by atoms with E-state index >= 15 is 0 Å². The molecule has 0 aliphatic heterocycles. The highest BCUT2D eigenvalue weighted by Gasteiger charge is 2.04. The zero-order chi connectivity index (χ0) is 12.8. The van der Waals surface area contributed by atoms with E-state index < -0.39 is 0 Å². The van der Waals surface area contributed by atoms with Crippen molar-refractivity contribution in [2.75, 3.05) is 12.5 Å². The number of halogens is 1. The van der Waals surface area contributed by atoms with E-state index in [2.05, 4.69) is 0 Å². The van der Waals surface area contributed by atoms with Gasteiger partial charge in [0.15, 0.2) is 5.43 Å². The Labute approximate surface area is 110 Å². The molecule has 0 saturated carbocycles. The first kappa shape index (κ1) is 13.0. The van der Waals surface area contributed by atoms with E-state index in [1.165, 1.54) is 6.07 Å². The van der Waals surface area contributed by atoms with Gasteiger partial charge in [0.05, 0.1) is 18.1 Å². The Kier molecular flexibility index (Phi) is 4.65. The lowest BCUT2D eigenvalue weighted by Gasteiger charge is -2.05. The molecule has 0 amide bonds. The summed E-state index contributed by atoms with van der Waals surface area (Å²) in [5.74, 6) is 0.954. The molecule has 1 aromatic carbocycles. The second-order valence-corrected chi connectivity index (χ2v) is 4.40. The quantitative estimate of drug-likeness (QED) is 0.593. The molecule has 0 aliphatic carbocycles. The molecule has 0 bridgehead atoms. The van der Waals surface area contributed by atoms with Gasteiger partial charge in [0.2, 0.25) is 0 Å². The van der Waals surface area contributed by atoms with Crippen molar-refractivity contribution in [2.24, 2.45) is 0 Å². The van der Waals surface area contributed by atoms with Gasteiger partial charge in [-0.1, -0.05) is 12.1 Å². The van der Waals surface area contributed by atoms with Crippen LogP contribution in [0.5, 0.6) is 5.95 Å². The van der Waals surface area contributed by atoms with Crippen LogP contribution >= 0.6 is 11.6 Å². The number of alkyl halides is 1. The van der Waals surface area contributed by atoms with Crippen LogP contribution < -0.4 is 10.2 Å². The smallest absolute Gasteiger partial charge is 0.288 e. The molecule has 0 atom stereocenters. The predicted molar refractivity (Wildman–Crippen MR) is 72.6 cm³/mol. The molecule has 2 rings (SSSR count). The number of ether oxygens (including phenoxy) is 1. The molecule has 4 heteroatoms. The van der Waals surface area contributed by atoms with E-state index in [0.717, 1.165) is 19.3 Å². The van der Waals surface area contributed by atoms with Crippen LogP contribution in [-0.2, 0) is 0 Å². The van der Waals surface area contributed by atoms with Crippen molar-refractivity contribution < 1.29 is 9.15 Å². The van der Waals surface area contributed by atoms with E-state index in [9.17, 15) is 4.79 Å². The molecule has 1 heterocycles. The Morgan fingerprint density at radius 1 is 1.17 bits per heavy atom. The predicted octanol–water partition coefficient (Wildman–Crippen LogP) is 3.58. The molecule has 0 unspecified atom stereocenters. The standard InChI is InChI=1S/C14H15ClO3/c15-8-4-1-5-9-17-14-10-12(16)11-6-2-3-7-13(11)18-14/h2-3,6-7,10H,1,4-5,8-9H2. The van der Waals surface area contributed by atoms with Crippen LogP contribution in [0.15, 0.2) is 39.5 Å². The fourth-order valence-electron chi connectivity index (χ4n) is 1.70. The Hall–Kier alpha value is -1.48. The third-order valence-electron chi connectivity index (χ3n) is 2.63. The maximum atomic E-state index is 11.8. The van der Waals surface area contributed by atoms with E-state index in [0.29, 0.717) is 23.5 Å². The molecule has 3 nitrogen and oxygen atoms in total. The molecule has 18 heavy (non-hydrogen) atoms.